The Morgan fingerprint density at radius 2 is 1.86 bits per heavy atom. The van der Waals surface area contributed by atoms with Gasteiger partial charge in [0.15, 0.2) is 11.6 Å². The van der Waals surface area contributed by atoms with Crippen LogP contribution >= 0.6 is 11.6 Å². The quantitative estimate of drug-likeness (QED) is 0.714. The minimum absolute atomic E-state index is 0.0223. The molecule has 2 aromatic carbocycles. The molecule has 0 saturated heterocycles. The summed E-state index contributed by atoms with van der Waals surface area (Å²) in [4.78, 5) is 12.5. The lowest BCUT2D eigenvalue weighted by atomic mass is 10.00. The first kappa shape index (κ1) is 19.2. The van der Waals surface area contributed by atoms with Gasteiger partial charge in [0.1, 0.15) is 5.82 Å². The zero-order valence-corrected chi connectivity index (χ0v) is 16.3. The first-order valence-electron chi connectivity index (χ1n) is 9.64. The van der Waals surface area contributed by atoms with Gasteiger partial charge >= 0.3 is 0 Å². The van der Waals surface area contributed by atoms with Crippen LogP contribution in [0.2, 0.25) is 5.02 Å². The smallest absolute Gasteiger partial charge is 0.251 e. The van der Waals surface area contributed by atoms with Gasteiger partial charge in [0.2, 0.25) is 0 Å². The van der Waals surface area contributed by atoms with Crippen LogP contribution in [0.3, 0.4) is 0 Å². The lowest BCUT2D eigenvalue weighted by Crippen LogP contribution is -2.37. The van der Waals surface area contributed by atoms with E-state index in [-0.39, 0.29) is 23.8 Å². The Balaban J connectivity index is 1.33. The average Bonchev–Trinajstić information content (AvgIpc) is 3.17. The average molecular weight is 406 g/mol. The molecule has 0 heterocycles. The number of carbonyl (C=O) groups is 1. The first-order chi connectivity index (χ1) is 13.5. The number of benzene rings is 2. The molecule has 2 aliphatic carbocycles. The van der Waals surface area contributed by atoms with Gasteiger partial charge in [-0.2, -0.15) is 0 Å². The SMILES string of the molecule is CC[C@H](NC(=O)c1ccc(Cl)cc1)C1[C@H]2CC(Oc3cc(F)ccc3F)C[C@H]12. The van der Waals surface area contributed by atoms with Gasteiger partial charge in [0.05, 0.1) is 6.10 Å². The number of ether oxygens (including phenoxy) is 1. The van der Waals surface area contributed by atoms with Crippen LogP contribution in [0.1, 0.15) is 36.5 Å². The molecular weight excluding hydrogens is 384 g/mol. The third kappa shape index (κ3) is 3.86. The molecule has 6 heteroatoms. The molecule has 0 spiro atoms. The molecule has 3 nitrogen and oxygen atoms in total. The Hall–Kier alpha value is -2.14. The molecule has 2 aromatic rings. The molecule has 0 aliphatic heterocycles. The topological polar surface area (TPSA) is 38.3 Å². The van der Waals surface area contributed by atoms with E-state index in [0.29, 0.717) is 28.3 Å². The van der Waals surface area contributed by atoms with Crippen LogP contribution in [0.5, 0.6) is 5.75 Å². The molecule has 1 N–H and O–H groups in total. The summed E-state index contributed by atoms with van der Waals surface area (Å²) in [5.41, 5.74) is 0.594. The van der Waals surface area contributed by atoms with Gasteiger partial charge in [-0.3, -0.25) is 4.79 Å². The van der Waals surface area contributed by atoms with E-state index in [1.165, 1.54) is 0 Å². The summed E-state index contributed by atoms with van der Waals surface area (Å²) in [6.07, 6.45) is 2.35. The lowest BCUT2D eigenvalue weighted by molar-refractivity contribution is 0.0924. The van der Waals surface area contributed by atoms with Crippen LogP contribution in [0.15, 0.2) is 42.5 Å². The van der Waals surface area contributed by atoms with Crippen molar-refractivity contribution in [3.05, 3.63) is 64.7 Å². The molecule has 1 amide bonds. The summed E-state index contributed by atoms with van der Waals surface area (Å²) in [5.74, 6) is 0.162. The van der Waals surface area contributed by atoms with Gasteiger partial charge < -0.3 is 10.1 Å². The van der Waals surface area contributed by atoms with Crippen molar-refractivity contribution in [1.29, 1.82) is 0 Å². The van der Waals surface area contributed by atoms with Crippen LogP contribution in [-0.2, 0) is 0 Å². The predicted octanol–water partition coefficient (Wildman–Crippen LogP) is 5.23. The van der Waals surface area contributed by atoms with Crippen LogP contribution < -0.4 is 10.1 Å². The third-order valence-corrected chi connectivity index (χ3v) is 6.23. The van der Waals surface area contributed by atoms with E-state index in [4.69, 9.17) is 16.3 Å². The Morgan fingerprint density at radius 1 is 1.18 bits per heavy atom. The molecule has 2 saturated carbocycles. The second-order valence-electron chi connectivity index (χ2n) is 7.69. The van der Waals surface area contributed by atoms with Crippen LogP contribution in [-0.4, -0.2) is 18.1 Å². The van der Waals surface area contributed by atoms with Gasteiger partial charge in [0.25, 0.3) is 5.91 Å². The fourth-order valence-electron chi connectivity index (χ4n) is 4.61. The van der Waals surface area contributed by atoms with Crippen molar-refractivity contribution in [3.63, 3.8) is 0 Å². The molecule has 148 valence electrons. The molecule has 4 rings (SSSR count). The van der Waals surface area contributed by atoms with E-state index < -0.39 is 11.6 Å². The van der Waals surface area contributed by atoms with Crippen molar-refractivity contribution in [2.75, 3.05) is 0 Å². The first-order valence-corrected chi connectivity index (χ1v) is 10.0. The molecule has 2 fully saturated rings. The summed E-state index contributed by atoms with van der Waals surface area (Å²) in [5, 5.41) is 3.74. The summed E-state index contributed by atoms with van der Waals surface area (Å²) >= 11 is 5.88. The highest BCUT2D eigenvalue weighted by atomic mass is 35.5. The van der Waals surface area contributed by atoms with Crippen molar-refractivity contribution in [3.8, 4) is 5.75 Å². The Bertz CT molecular complexity index is 861. The van der Waals surface area contributed by atoms with Crippen molar-refractivity contribution < 1.29 is 18.3 Å². The Kier molecular flexibility index (Phi) is 5.28. The molecule has 3 atom stereocenters. The van der Waals surface area contributed by atoms with Gasteiger partial charge in [-0.15, -0.1) is 0 Å². The number of amides is 1. The van der Waals surface area contributed by atoms with Crippen LogP contribution in [0.25, 0.3) is 0 Å². The number of hydrogen-bond acceptors (Lipinski definition) is 2. The Morgan fingerprint density at radius 3 is 2.50 bits per heavy atom. The van der Waals surface area contributed by atoms with E-state index >= 15 is 0 Å². The van der Waals surface area contributed by atoms with Crippen molar-refractivity contribution in [2.24, 2.45) is 17.8 Å². The van der Waals surface area contributed by atoms with Crippen LogP contribution in [0, 0.1) is 29.4 Å². The van der Waals surface area contributed by atoms with Gasteiger partial charge in [-0.1, -0.05) is 18.5 Å². The maximum Gasteiger partial charge on any atom is 0.251 e. The number of fused-ring (bicyclic) bond motifs is 1. The van der Waals surface area contributed by atoms with Gasteiger partial charge in [0, 0.05) is 22.7 Å². The number of rotatable bonds is 6. The van der Waals surface area contributed by atoms with E-state index in [1.54, 1.807) is 24.3 Å². The van der Waals surface area contributed by atoms with E-state index in [9.17, 15) is 13.6 Å². The summed E-state index contributed by atoms with van der Waals surface area (Å²) in [7, 11) is 0. The lowest BCUT2D eigenvalue weighted by Gasteiger charge is -2.22. The van der Waals surface area contributed by atoms with Crippen molar-refractivity contribution >= 4 is 17.5 Å². The fraction of sp³-hybridized carbons (Fsp3) is 0.409. The minimum Gasteiger partial charge on any atom is -0.487 e. The fourth-order valence-corrected chi connectivity index (χ4v) is 4.73. The summed E-state index contributed by atoms with van der Waals surface area (Å²) in [6.45, 7) is 2.07. The van der Waals surface area contributed by atoms with Gasteiger partial charge in [-0.25, -0.2) is 8.78 Å². The molecular formula is C22H22ClF2NO2. The monoisotopic (exact) mass is 405 g/mol. The zero-order chi connectivity index (χ0) is 19.8. The highest BCUT2D eigenvalue weighted by molar-refractivity contribution is 6.30. The van der Waals surface area contributed by atoms with Gasteiger partial charge in [-0.05, 0) is 73.4 Å². The van der Waals surface area contributed by atoms with Crippen LogP contribution in [0.4, 0.5) is 8.78 Å². The molecule has 28 heavy (non-hydrogen) atoms. The maximum atomic E-state index is 13.8. The maximum absolute atomic E-state index is 13.8. The number of halogens is 3. The van der Waals surface area contributed by atoms with E-state index in [2.05, 4.69) is 12.2 Å². The minimum atomic E-state index is -0.541. The highest BCUT2D eigenvalue weighted by Crippen LogP contribution is 2.60. The number of hydrogen-bond donors (Lipinski definition) is 1. The zero-order valence-electron chi connectivity index (χ0n) is 15.5. The Labute approximate surface area is 168 Å². The summed E-state index contributed by atoms with van der Waals surface area (Å²) < 4.78 is 32.8. The standard InChI is InChI=1S/C22H22ClF2NO2/c1-2-19(26-22(27)12-3-5-13(23)6-4-12)21-16-10-15(11-17(16)21)28-20-9-14(24)7-8-18(20)25/h3-9,15-17,19,21H,2,10-11H2,1H3,(H,26,27)/t15?,16-,17-,19-,21?/m0/s1. The predicted molar refractivity (Wildman–Crippen MR) is 103 cm³/mol. The number of nitrogens with one attached hydrogen (secondary N) is 1. The van der Waals surface area contributed by atoms with Crippen molar-refractivity contribution in [2.45, 2.75) is 38.3 Å². The molecule has 2 aliphatic rings. The van der Waals surface area contributed by atoms with E-state index in [1.807, 2.05) is 0 Å². The highest BCUT2D eigenvalue weighted by Gasteiger charge is 2.59. The molecule has 0 radical (unpaired) electrons. The molecule has 0 unspecified atom stereocenters. The third-order valence-electron chi connectivity index (χ3n) is 5.98. The van der Waals surface area contributed by atoms with E-state index in [0.717, 1.165) is 37.5 Å². The number of carbonyl (C=O) groups excluding carboxylic acids is 1. The normalized spacial score (nSPS) is 24.5. The second kappa shape index (κ2) is 7.70. The molecule has 0 aromatic heterocycles. The summed E-state index contributed by atoms with van der Waals surface area (Å²) in [6, 6.07) is 10.2. The van der Waals surface area contributed by atoms with Crippen molar-refractivity contribution in [1.82, 2.24) is 5.32 Å². The largest absolute Gasteiger partial charge is 0.487 e. The molecule has 0 bridgehead atoms. The second-order valence-corrected chi connectivity index (χ2v) is 8.12.